The topological polar surface area (TPSA) is 20.2 Å². The number of aliphatic hydroxyl groups is 1. The Balaban J connectivity index is 2.88. The third-order valence-electron chi connectivity index (χ3n) is 3.35. The molecule has 0 fully saturated rings. The van der Waals surface area contributed by atoms with Gasteiger partial charge in [0.25, 0.3) is 0 Å². The van der Waals surface area contributed by atoms with Gasteiger partial charge in [0.2, 0.25) is 0 Å². The molecule has 0 bridgehead atoms. The van der Waals surface area contributed by atoms with Gasteiger partial charge in [0.15, 0.2) is 0 Å². The zero-order valence-corrected chi connectivity index (χ0v) is 9.25. The summed E-state index contributed by atoms with van der Waals surface area (Å²) in [6.45, 7) is 8.62. The summed E-state index contributed by atoms with van der Waals surface area (Å²) in [6.07, 6.45) is 6.36. The molecule has 0 spiro atoms. The zero-order chi connectivity index (χ0) is 10.1. The molecule has 0 aromatic carbocycles. The van der Waals surface area contributed by atoms with Crippen molar-refractivity contribution in [1.29, 1.82) is 0 Å². The van der Waals surface area contributed by atoms with E-state index in [1.165, 1.54) is 0 Å². The predicted molar refractivity (Wildman–Crippen MR) is 56.5 cm³/mol. The van der Waals surface area contributed by atoms with Gasteiger partial charge in [-0.05, 0) is 24.7 Å². The molecule has 0 radical (unpaired) electrons. The third kappa shape index (κ3) is 1.96. The monoisotopic (exact) mass is 182 g/mol. The smallest absolute Gasteiger partial charge is 0.0738 e. The minimum Gasteiger partial charge on any atom is -0.389 e. The van der Waals surface area contributed by atoms with Crippen molar-refractivity contribution in [3.63, 3.8) is 0 Å². The van der Waals surface area contributed by atoms with Gasteiger partial charge in [-0.2, -0.15) is 0 Å². The molecule has 1 heteroatoms. The van der Waals surface area contributed by atoms with Gasteiger partial charge >= 0.3 is 0 Å². The standard InChI is InChI=1S/C12H22O/c1-9(2)11-7-5-6-8-12(11,13)10(3)4/h5,7,9-11,13H,6,8H2,1-4H3. The van der Waals surface area contributed by atoms with Crippen LogP contribution in [-0.4, -0.2) is 10.7 Å². The molecule has 1 N–H and O–H groups in total. The second-order valence-electron chi connectivity index (χ2n) is 4.88. The lowest BCUT2D eigenvalue weighted by Crippen LogP contribution is -2.45. The highest BCUT2D eigenvalue weighted by Gasteiger charge is 2.40. The molecule has 0 saturated heterocycles. The molecule has 0 heterocycles. The molecule has 0 aromatic heterocycles. The lowest BCUT2D eigenvalue weighted by atomic mass is 9.68. The average Bonchev–Trinajstić information content (AvgIpc) is 2.04. The van der Waals surface area contributed by atoms with Crippen molar-refractivity contribution in [1.82, 2.24) is 0 Å². The Kier molecular flexibility index (Phi) is 3.18. The molecular weight excluding hydrogens is 160 g/mol. The van der Waals surface area contributed by atoms with Gasteiger partial charge in [0.1, 0.15) is 0 Å². The number of hydrogen-bond donors (Lipinski definition) is 1. The Morgan fingerprint density at radius 2 is 1.92 bits per heavy atom. The molecule has 1 nitrogen and oxygen atoms in total. The van der Waals surface area contributed by atoms with E-state index in [2.05, 4.69) is 39.8 Å². The maximum Gasteiger partial charge on any atom is 0.0738 e. The van der Waals surface area contributed by atoms with Crippen molar-refractivity contribution in [2.75, 3.05) is 0 Å². The highest BCUT2D eigenvalue weighted by atomic mass is 16.3. The predicted octanol–water partition coefficient (Wildman–Crippen LogP) is 3.00. The summed E-state index contributed by atoms with van der Waals surface area (Å²) in [5.41, 5.74) is -0.469. The van der Waals surface area contributed by atoms with E-state index in [0.29, 0.717) is 17.8 Å². The van der Waals surface area contributed by atoms with E-state index in [4.69, 9.17) is 0 Å². The fourth-order valence-corrected chi connectivity index (χ4v) is 2.36. The zero-order valence-electron chi connectivity index (χ0n) is 9.25. The summed E-state index contributed by atoms with van der Waals surface area (Å²) in [4.78, 5) is 0. The summed E-state index contributed by atoms with van der Waals surface area (Å²) in [5.74, 6) is 1.22. The van der Waals surface area contributed by atoms with E-state index in [9.17, 15) is 5.11 Å². The van der Waals surface area contributed by atoms with Gasteiger partial charge in [-0.25, -0.2) is 0 Å². The number of hydrogen-bond acceptors (Lipinski definition) is 1. The fourth-order valence-electron chi connectivity index (χ4n) is 2.36. The summed E-state index contributed by atoms with van der Waals surface area (Å²) in [5, 5.41) is 10.5. The number of allylic oxidation sites excluding steroid dienone is 1. The van der Waals surface area contributed by atoms with Gasteiger partial charge in [0, 0.05) is 5.92 Å². The van der Waals surface area contributed by atoms with Crippen molar-refractivity contribution in [3.05, 3.63) is 12.2 Å². The van der Waals surface area contributed by atoms with Crippen molar-refractivity contribution < 1.29 is 5.11 Å². The molecule has 0 saturated carbocycles. The van der Waals surface area contributed by atoms with Crippen LogP contribution in [0, 0.1) is 17.8 Å². The molecule has 1 aliphatic carbocycles. The maximum atomic E-state index is 10.5. The van der Waals surface area contributed by atoms with Gasteiger partial charge in [-0.1, -0.05) is 39.8 Å². The van der Waals surface area contributed by atoms with E-state index in [0.717, 1.165) is 12.8 Å². The average molecular weight is 182 g/mol. The molecule has 2 atom stereocenters. The van der Waals surface area contributed by atoms with Crippen LogP contribution in [0.5, 0.6) is 0 Å². The van der Waals surface area contributed by atoms with Crippen molar-refractivity contribution in [2.45, 2.75) is 46.1 Å². The largest absolute Gasteiger partial charge is 0.389 e. The van der Waals surface area contributed by atoms with Crippen LogP contribution in [0.3, 0.4) is 0 Å². The Labute approximate surface area is 81.9 Å². The van der Waals surface area contributed by atoms with Crippen LogP contribution >= 0.6 is 0 Å². The van der Waals surface area contributed by atoms with E-state index in [1.807, 2.05) is 0 Å². The summed E-state index contributed by atoms with van der Waals surface area (Å²) in [7, 11) is 0. The van der Waals surface area contributed by atoms with Crippen LogP contribution in [0.2, 0.25) is 0 Å². The van der Waals surface area contributed by atoms with Gasteiger partial charge in [-0.3, -0.25) is 0 Å². The lowest BCUT2D eigenvalue weighted by molar-refractivity contribution is -0.0668. The molecule has 1 aliphatic rings. The normalized spacial score (nSPS) is 34.5. The van der Waals surface area contributed by atoms with E-state index in [-0.39, 0.29) is 0 Å². The van der Waals surface area contributed by atoms with Crippen molar-refractivity contribution in [3.8, 4) is 0 Å². The fraction of sp³-hybridized carbons (Fsp3) is 0.833. The second-order valence-corrected chi connectivity index (χ2v) is 4.88. The first kappa shape index (κ1) is 10.8. The molecular formula is C12H22O. The van der Waals surface area contributed by atoms with Gasteiger partial charge in [0.05, 0.1) is 5.60 Å². The molecule has 1 rings (SSSR count). The first-order valence-electron chi connectivity index (χ1n) is 5.37. The summed E-state index contributed by atoms with van der Waals surface area (Å²) in [6, 6.07) is 0. The third-order valence-corrected chi connectivity index (χ3v) is 3.35. The molecule has 0 amide bonds. The van der Waals surface area contributed by atoms with Crippen LogP contribution in [0.4, 0.5) is 0 Å². The van der Waals surface area contributed by atoms with Crippen LogP contribution in [0.15, 0.2) is 12.2 Å². The highest BCUT2D eigenvalue weighted by Crippen LogP contribution is 2.39. The minimum absolute atomic E-state index is 0.334. The first-order chi connectivity index (χ1) is 5.98. The Hall–Kier alpha value is -0.300. The summed E-state index contributed by atoms with van der Waals surface area (Å²) < 4.78 is 0. The van der Waals surface area contributed by atoms with Gasteiger partial charge < -0.3 is 5.11 Å². The first-order valence-corrected chi connectivity index (χ1v) is 5.37. The summed E-state index contributed by atoms with van der Waals surface area (Å²) >= 11 is 0. The molecule has 2 unspecified atom stereocenters. The lowest BCUT2D eigenvalue weighted by Gasteiger charge is -2.42. The molecule has 76 valence electrons. The molecule has 13 heavy (non-hydrogen) atoms. The van der Waals surface area contributed by atoms with Gasteiger partial charge in [-0.15, -0.1) is 0 Å². The maximum absolute atomic E-state index is 10.5. The minimum atomic E-state index is -0.469. The van der Waals surface area contributed by atoms with E-state index >= 15 is 0 Å². The molecule has 0 aromatic rings. The van der Waals surface area contributed by atoms with Crippen LogP contribution in [0.1, 0.15) is 40.5 Å². The SMILES string of the molecule is CC(C)C1C=CCCC1(O)C(C)C. The highest BCUT2D eigenvalue weighted by molar-refractivity contribution is 5.07. The van der Waals surface area contributed by atoms with E-state index in [1.54, 1.807) is 0 Å². The quantitative estimate of drug-likeness (QED) is 0.651. The Morgan fingerprint density at radius 3 is 2.31 bits per heavy atom. The van der Waals surface area contributed by atoms with Crippen LogP contribution in [-0.2, 0) is 0 Å². The molecule has 0 aliphatic heterocycles. The second kappa shape index (κ2) is 3.83. The number of rotatable bonds is 2. The Morgan fingerprint density at radius 1 is 1.31 bits per heavy atom. The Bertz CT molecular complexity index is 193. The van der Waals surface area contributed by atoms with Crippen LogP contribution < -0.4 is 0 Å². The van der Waals surface area contributed by atoms with E-state index < -0.39 is 5.60 Å². The van der Waals surface area contributed by atoms with Crippen LogP contribution in [0.25, 0.3) is 0 Å². The van der Waals surface area contributed by atoms with Crippen molar-refractivity contribution >= 4 is 0 Å². The van der Waals surface area contributed by atoms with Crippen molar-refractivity contribution in [2.24, 2.45) is 17.8 Å².